The second-order valence-corrected chi connectivity index (χ2v) is 9.34. The smallest absolute Gasteiger partial charge is 0.253 e. The predicted octanol–water partition coefficient (Wildman–Crippen LogP) is 6.00. The van der Waals surface area contributed by atoms with Crippen LogP contribution in [-0.2, 0) is 13.2 Å². The summed E-state index contributed by atoms with van der Waals surface area (Å²) in [5, 5.41) is 0.755. The van der Waals surface area contributed by atoms with Crippen LogP contribution >= 0.6 is 11.6 Å². The van der Waals surface area contributed by atoms with E-state index in [9.17, 15) is 4.79 Å². The number of piperazine rings is 1. The predicted molar refractivity (Wildman–Crippen MR) is 134 cm³/mol. The Morgan fingerprint density at radius 2 is 1.61 bits per heavy atom. The van der Waals surface area contributed by atoms with Gasteiger partial charge in [0.05, 0.1) is 0 Å². The molecule has 0 radical (unpaired) electrons. The largest absolute Gasteiger partial charge is 0.489 e. The fourth-order valence-electron chi connectivity index (χ4n) is 4.05. The number of halogens is 1. The summed E-state index contributed by atoms with van der Waals surface area (Å²) in [4.78, 5) is 17.4. The first-order chi connectivity index (χ1) is 16.0. The maximum absolute atomic E-state index is 13.1. The number of benzene rings is 3. The lowest BCUT2D eigenvalue weighted by Gasteiger charge is -2.34. The van der Waals surface area contributed by atoms with E-state index in [-0.39, 0.29) is 5.91 Å². The molecule has 0 bridgehead atoms. The molecule has 172 valence electrons. The molecular formula is C28H31ClN2O2. The van der Waals surface area contributed by atoms with Gasteiger partial charge in [-0.15, -0.1) is 0 Å². The Hall–Kier alpha value is -2.82. The zero-order valence-corrected chi connectivity index (χ0v) is 20.1. The second-order valence-electron chi connectivity index (χ2n) is 8.91. The summed E-state index contributed by atoms with van der Waals surface area (Å²) in [5.74, 6) is 1.43. The van der Waals surface area contributed by atoms with E-state index in [1.165, 1.54) is 11.1 Å². The molecule has 0 aliphatic carbocycles. The van der Waals surface area contributed by atoms with E-state index in [0.717, 1.165) is 54.6 Å². The highest BCUT2D eigenvalue weighted by atomic mass is 35.5. The van der Waals surface area contributed by atoms with Gasteiger partial charge in [0.1, 0.15) is 12.4 Å². The molecule has 5 heteroatoms. The van der Waals surface area contributed by atoms with Crippen LogP contribution in [0.2, 0.25) is 5.02 Å². The Balaban J connectivity index is 1.30. The fraction of sp³-hybridized carbons (Fsp3) is 0.321. The minimum absolute atomic E-state index is 0.0873. The number of nitrogens with zero attached hydrogens (tertiary/aromatic N) is 2. The molecule has 1 heterocycles. The van der Waals surface area contributed by atoms with Crippen molar-refractivity contribution in [3.8, 4) is 5.75 Å². The van der Waals surface area contributed by atoms with E-state index in [1.807, 2.05) is 53.4 Å². The van der Waals surface area contributed by atoms with E-state index in [2.05, 4.69) is 43.0 Å². The molecule has 1 fully saturated rings. The summed E-state index contributed by atoms with van der Waals surface area (Å²) in [6.07, 6.45) is 0. The van der Waals surface area contributed by atoms with Crippen molar-refractivity contribution < 1.29 is 9.53 Å². The number of ether oxygens (including phenoxy) is 1. The van der Waals surface area contributed by atoms with Gasteiger partial charge in [-0.25, -0.2) is 0 Å². The molecule has 1 aliphatic rings. The van der Waals surface area contributed by atoms with Crippen molar-refractivity contribution >= 4 is 17.5 Å². The van der Waals surface area contributed by atoms with Gasteiger partial charge in [-0.05, 0) is 59.0 Å². The average molecular weight is 463 g/mol. The number of hydrogen-bond donors (Lipinski definition) is 0. The lowest BCUT2D eigenvalue weighted by atomic mass is 10.0. The molecule has 0 spiro atoms. The topological polar surface area (TPSA) is 32.8 Å². The number of carbonyl (C=O) groups is 1. The Morgan fingerprint density at radius 3 is 2.27 bits per heavy atom. The number of amides is 1. The molecule has 4 nitrogen and oxygen atoms in total. The van der Waals surface area contributed by atoms with Gasteiger partial charge < -0.3 is 9.64 Å². The molecule has 33 heavy (non-hydrogen) atoms. The van der Waals surface area contributed by atoms with Crippen molar-refractivity contribution in [2.45, 2.75) is 32.9 Å². The highest BCUT2D eigenvalue weighted by Crippen LogP contribution is 2.20. The first kappa shape index (κ1) is 23.3. The molecule has 0 aromatic heterocycles. The van der Waals surface area contributed by atoms with E-state index < -0.39 is 0 Å². The summed E-state index contributed by atoms with van der Waals surface area (Å²) in [6.45, 7) is 8.87. The molecule has 1 saturated heterocycles. The van der Waals surface area contributed by atoms with Crippen molar-refractivity contribution in [3.05, 3.63) is 100 Å². The standard InChI is InChI=1S/C28H31ClN2O2/c1-21(2)24-8-12-27(13-9-24)33-20-23-4-3-5-25(18-23)28(32)31-16-14-30(15-17-31)19-22-6-10-26(29)11-7-22/h3-13,18,21H,14-17,19-20H2,1-2H3. The van der Waals surface area contributed by atoms with Gasteiger partial charge in [0, 0.05) is 43.3 Å². The van der Waals surface area contributed by atoms with E-state index in [4.69, 9.17) is 16.3 Å². The summed E-state index contributed by atoms with van der Waals surface area (Å²) in [6, 6.07) is 24.0. The van der Waals surface area contributed by atoms with Crippen LogP contribution in [-0.4, -0.2) is 41.9 Å². The number of carbonyl (C=O) groups excluding carboxylic acids is 1. The lowest BCUT2D eigenvalue weighted by molar-refractivity contribution is 0.0628. The zero-order valence-electron chi connectivity index (χ0n) is 19.3. The van der Waals surface area contributed by atoms with E-state index in [0.29, 0.717) is 12.5 Å². The van der Waals surface area contributed by atoms with Gasteiger partial charge in [-0.2, -0.15) is 0 Å². The van der Waals surface area contributed by atoms with Gasteiger partial charge in [-0.3, -0.25) is 9.69 Å². The quantitative estimate of drug-likeness (QED) is 0.431. The summed E-state index contributed by atoms with van der Waals surface area (Å²) in [5.41, 5.74) is 4.25. The molecule has 3 aromatic rings. The first-order valence-corrected chi connectivity index (χ1v) is 11.9. The molecule has 0 saturated carbocycles. The van der Waals surface area contributed by atoms with Gasteiger partial charge in [0.2, 0.25) is 0 Å². The Bertz CT molecular complexity index is 1060. The number of hydrogen-bond acceptors (Lipinski definition) is 3. The highest BCUT2D eigenvalue weighted by molar-refractivity contribution is 6.30. The molecular weight excluding hydrogens is 432 g/mol. The maximum Gasteiger partial charge on any atom is 0.253 e. The van der Waals surface area contributed by atoms with Crippen LogP contribution in [0.4, 0.5) is 0 Å². The third kappa shape index (κ3) is 6.37. The minimum Gasteiger partial charge on any atom is -0.489 e. The van der Waals surface area contributed by atoms with Gasteiger partial charge in [0.25, 0.3) is 5.91 Å². The van der Waals surface area contributed by atoms with Crippen molar-refractivity contribution in [3.63, 3.8) is 0 Å². The maximum atomic E-state index is 13.1. The molecule has 0 atom stereocenters. The third-order valence-corrected chi connectivity index (χ3v) is 6.36. The Labute approximate surface area is 201 Å². The number of rotatable bonds is 7. The van der Waals surface area contributed by atoms with Gasteiger partial charge >= 0.3 is 0 Å². The molecule has 4 rings (SSSR count). The van der Waals surface area contributed by atoms with Crippen molar-refractivity contribution in [2.24, 2.45) is 0 Å². The highest BCUT2D eigenvalue weighted by Gasteiger charge is 2.22. The SMILES string of the molecule is CC(C)c1ccc(OCc2cccc(C(=O)N3CCN(Cc4ccc(Cl)cc4)CC3)c2)cc1. The minimum atomic E-state index is 0.0873. The van der Waals surface area contributed by atoms with Crippen LogP contribution in [0.15, 0.2) is 72.8 Å². The normalized spacial score (nSPS) is 14.5. The van der Waals surface area contributed by atoms with Crippen LogP contribution in [0.5, 0.6) is 5.75 Å². The van der Waals surface area contributed by atoms with E-state index >= 15 is 0 Å². The van der Waals surface area contributed by atoms with E-state index in [1.54, 1.807) is 0 Å². The van der Waals surface area contributed by atoms with Crippen LogP contribution in [0, 0.1) is 0 Å². The van der Waals surface area contributed by atoms with Crippen LogP contribution in [0.1, 0.15) is 46.8 Å². The average Bonchev–Trinajstić information content (AvgIpc) is 2.84. The molecule has 0 unspecified atom stereocenters. The monoisotopic (exact) mass is 462 g/mol. The van der Waals surface area contributed by atoms with Crippen LogP contribution in [0.3, 0.4) is 0 Å². The summed E-state index contributed by atoms with van der Waals surface area (Å²) < 4.78 is 5.95. The van der Waals surface area contributed by atoms with Crippen molar-refractivity contribution in [1.82, 2.24) is 9.80 Å². The van der Waals surface area contributed by atoms with Gasteiger partial charge in [-0.1, -0.05) is 61.8 Å². The third-order valence-electron chi connectivity index (χ3n) is 6.11. The molecule has 3 aromatic carbocycles. The van der Waals surface area contributed by atoms with Crippen molar-refractivity contribution in [2.75, 3.05) is 26.2 Å². The van der Waals surface area contributed by atoms with Crippen molar-refractivity contribution in [1.29, 1.82) is 0 Å². The molecule has 1 amide bonds. The molecule has 1 aliphatic heterocycles. The Morgan fingerprint density at radius 1 is 0.909 bits per heavy atom. The van der Waals surface area contributed by atoms with Crippen LogP contribution < -0.4 is 4.74 Å². The lowest BCUT2D eigenvalue weighted by Crippen LogP contribution is -2.48. The second kappa shape index (κ2) is 10.9. The zero-order chi connectivity index (χ0) is 23.2. The summed E-state index contributed by atoms with van der Waals surface area (Å²) in [7, 11) is 0. The first-order valence-electron chi connectivity index (χ1n) is 11.6. The van der Waals surface area contributed by atoms with Crippen LogP contribution in [0.25, 0.3) is 0 Å². The Kier molecular flexibility index (Phi) is 7.69. The fourth-order valence-corrected chi connectivity index (χ4v) is 4.18. The summed E-state index contributed by atoms with van der Waals surface area (Å²) >= 11 is 5.98. The van der Waals surface area contributed by atoms with Gasteiger partial charge in [0.15, 0.2) is 0 Å². The molecule has 0 N–H and O–H groups in total.